The van der Waals surface area contributed by atoms with E-state index in [1.165, 1.54) is 13.8 Å². The van der Waals surface area contributed by atoms with Crippen LogP contribution in [0.25, 0.3) is 0 Å². The van der Waals surface area contributed by atoms with E-state index in [2.05, 4.69) is 0 Å². The van der Waals surface area contributed by atoms with E-state index >= 15 is 0 Å². The van der Waals surface area contributed by atoms with Gasteiger partial charge >= 0.3 is 0 Å². The Bertz CT molecular complexity index is 790. The monoisotopic (exact) mass is 340 g/mol. The van der Waals surface area contributed by atoms with Gasteiger partial charge in [0.25, 0.3) is 0 Å². The van der Waals surface area contributed by atoms with Crippen molar-refractivity contribution in [1.82, 2.24) is 0 Å². The number of hydrogen-bond donors (Lipinski definition) is 1. The molecule has 0 aliphatic heterocycles. The van der Waals surface area contributed by atoms with Gasteiger partial charge in [-0.3, -0.25) is 9.59 Å². The zero-order valence-corrected chi connectivity index (χ0v) is 15.1. The van der Waals surface area contributed by atoms with Crippen LogP contribution in [0.3, 0.4) is 0 Å². The Morgan fingerprint density at radius 3 is 1.96 bits per heavy atom. The second-order valence-electron chi connectivity index (χ2n) is 6.46. The summed E-state index contributed by atoms with van der Waals surface area (Å²) in [7, 11) is 0. The van der Waals surface area contributed by atoms with Crippen molar-refractivity contribution < 1.29 is 19.4 Å². The molecule has 0 spiro atoms. The summed E-state index contributed by atoms with van der Waals surface area (Å²) in [5.74, 6) is 0.425. The van der Waals surface area contributed by atoms with Gasteiger partial charge in [0.05, 0.1) is 17.2 Å². The fourth-order valence-electron chi connectivity index (χ4n) is 2.67. The molecule has 0 atom stereocenters. The number of rotatable bonds is 7. The summed E-state index contributed by atoms with van der Waals surface area (Å²) >= 11 is 0. The number of ether oxygens (including phenoxy) is 1. The number of carbonyl (C=O) groups excluding carboxylic acids is 2. The lowest BCUT2D eigenvalue weighted by molar-refractivity contribution is 0.1000. The van der Waals surface area contributed by atoms with Gasteiger partial charge in [-0.15, -0.1) is 0 Å². The maximum absolute atomic E-state index is 11.9. The molecule has 132 valence electrons. The lowest BCUT2D eigenvalue weighted by Crippen LogP contribution is -2.09. The van der Waals surface area contributed by atoms with E-state index in [0.717, 1.165) is 17.5 Å². The lowest BCUT2D eigenvalue weighted by Gasteiger charge is -2.14. The Hall–Kier alpha value is -2.62. The van der Waals surface area contributed by atoms with E-state index in [1.54, 1.807) is 12.1 Å². The van der Waals surface area contributed by atoms with Crippen LogP contribution in [0.1, 0.15) is 59.5 Å². The SMILES string of the molecule is CC(=O)c1cc(CCc2ccc(OC(C)C)c(C(C)=O)c2)ccc1O. The normalized spacial score (nSPS) is 10.8. The smallest absolute Gasteiger partial charge is 0.163 e. The fourth-order valence-corrected chi connectivity index (χ4v) is 2.67. The minimum absolute atomic E-state index is 0.00491. The zero-order valence-electron chi connectivity index (χ0n) is 15.1. The van der Waals surface area contributed by atoms with Crippen molar-refractivity contribution in [1.29, 1.82) is 0 Å². The first-order chi connectivity index (χ1) is 11.8. The van der Waals surface area contributed by atoms with Crippen LogP contribution in [0.5, 0.6) is 11.5 Å². The summed E-state index contributed by atoms with van der Waals surface area (Å²) in [6.45, 7) is 6.82. The van der Waals surface area contributed by atoms with Crippen molar-refractivity contribution in [2.45, 2.75) is 46.6 Å². The van der Waals surface area contributed by atoms with Crippen LogP contribution in [-0.2, 0) is 12.8 Å². The van der Waals surface area contributed by atoms with E-state index in [0.29, 0.717) is 23.3 Å². The third-order valence-electron chi connectivity index (χ3n) is 3.93. The average Bonchev–Trinajstić information content (AvgIpc) is 2.54. The number of ketones is 2. The van der Waals surface area contributed by atoms with Crippen LogP contribution in [-0.4, -0.2) is 22.8 Å². The predicted octanol–water partition coefficient (Wildman–Crippen LogP) is 4.37. The van der Waals surface area contributed by atoms with E-state index < -0.39 is 0 Å². The van der Waals surface area contributed by atoms with Crippen LogP contribution in [0, 0.1) is 0 Å². The maximum Gasteiger partial charge on any atom is 0.163 e. The molecule has 1 N–H and O–H groups in total. The third kappa shape index (κ3) is 4.92. The number of benzene rings is 2. The topological polar surface area (TPSA) is 63.6 Å². The van der Waals surface area contributed by atoms with Crippen molar-refractivity contribution in [2.75, 3.05) is 0 Å². The highest BCUT2D eigenvalue weighted by Gasteiger charge is 2.12. The van der Waals surface area contributed by atoms with Crippen molar-refractivity contribution in [2.24, 2.45) is 0 Å². The van der Waals surface area contributed by atoms with E-state index in [-0.39, 0.29) is 23.4 Å². The number of Topliss-reactive ketones (excluding diaryl/α,β-unsaturated/α-hetero) is 2. The van der Waals surface area contributed by atoms with Gasteiger partial charge in [0.1, 0.15) is 11.5 Å². The van der Waals surface area contributed by atoms with Gasteiger partial charge in [-0.1, -0.05) is 12.1 Å². The molecule has 0 aliphatic carbocycles. The Balaban J connectivity index is 2.18. The van der Waals surface area contributed by atoms with Crippen LogP contribution in [0.4, 0.5) is 0 Å². The molecule has 0 aromatic heterocycles. The van der Waals surface area contributed by atoms with Crippen LogP contribution in [0.2, 0.25) is 0 Å². The van der Waals surface area contributed by atoms with Crippen LogP contribution in [0.15, 0.2) is 36.4 Å². The van der Waals surface area contributed by atoms with Gasteiger partial charge in [-0.05, 0) is 75.9 Å². The molecule has 0 radical (unpaired) electrons. The number of phenols is 1. The first-order valence-electron chi connectivity index (χ1n) is 8.41. The van der Waals surface area contributed by atoms with Crippen molar-refractivity contribution >= 4 is 11.6 Å². The standard InChI is InChI=1S/C21H24O4/c1-13(2)25-21-10-8-17(12-19(21)15(4)23)6-5-16-7-9-20(24)18(11-16)14(3)22/h7-13,24H,5-6H2,1-4H3. The van der Waals surface area contributed by atoms with Crippen LogP contribution < -0.4 is 4.74 Å². The maximum atomic E-state index is 11.9. The molecule has 2 rings (SSSR count). The predicted molar refractivity (Wildman–Crippen MR) is 97.7 cm³/mol. The average molecular weight is 340 g/mol. The highest BCUT2D eigenvalue weighted by Crippen LogP contribution is 2.24. The molecular formula is C21H24O4. The highest BCUT2D eigenvalue weighted by atomic mass is 16.5. The Morgan fingerprint density at radius 2 is 1.44 bits per heavy atom. The minimum Gasteiger partial charge on any atom is -0.507 e. The van der Waals surface area contributed by atoms with Gasteiger partial charge in [-0.25, -0.2) is 0 Å². The third-order valence-corrected chi connectivity index (χ3v) is 3.93. The number of carbonyl (C=O) groups is 2. The van der Waals surface area contributed by atoms with Crippen molar-refractivity contribution in [3.63, 3.8) is 0 Å². The van der Waals surface area contributed by atoms with Gasteiger partial charge < -0.3 is 9.84 Å². The lowest BCUT2D eigenvalue weighted by atomic mass is 9.98. The minimum atomic E-state index is -0.159. The number of hydrogen-bond acceptors (Lipinski definition) is 4. The van der Waals surface area contributed by atoms with Gasteiger partial charge in [-0.2, -0.15) is 0 Å². The summed E-state index contributed by atoms with van der Waals surface area (Å²) in [6, 6.07) is 10.7. The van der Waals surface area contributed by atoms with E-state index in [9.17, 15) is 14.7 Å². The molecule has 0 unspecified atom stereocenters. The summed E-state index contributed by atoms with van der Waals surface area (Å²) in [5.41, 5.74) is 2.91. The largest absolute Gasteiger partial charge is 0.507 e. The molecule has 4 heteroatoms. The molecular weight excluding hydrogens is 316 g/mol. The van der Waals surface area contributed by atoms with Gasteiger partial charge in [0.15, 0.2) is 11.6 Å². The summed E-state index contributed by atoms with van der Waals surface area (Å²) in [6.07, 6.45) is 1.44. The van der Waals surface area contributed by atoms with E-state index in [1.807, 2.05) is 38.1 Å². The number of aryl methyl sites for hydroxylation is 2. The summed E-state index contributed by atoms with van der Waals surface area (Å²) in [5, 5.41) is 9.72. The first kappa shape index (κ1) is 18.7. The van der Waals surface area contributed by atoms with Crippen LogP contribution >= 0.6 is 0 Å². The molecule has 0 bridgehead atoms. The Kier molecular flexibility index (Phi) is 5.97. The van der Waals surface area contributed by atoms with Crippen molar-refractivity contribution in [3.05, 3.63) is 58.7 Å². The zero-order chi connectivity index (χ0) is 18.6. The molecule has 0 amide bonds. The van der Waals surface area contributed by atoms with Gasteiger partial charge in [0.2, 0.25) is 0 Å². The summed E-state index contributed by atoms with van der Waals surface area (Å²) in [4.78, 5) is 23.4. The molecule has 0 aliphatic rings. The van der Waals surface area contributed by atoms with Crippen molar-refractivity contribution in [3.8, 4) is 11.5 Å². The molecule has 2 aromatic rings. The second kappa shape index (κ2) is 7.97. The Labute approximate surface area is 148 Å². The number of phenolic OH excluding ortho intramolecular Hbond substituents is 1. The number of aromatic hydroxyl groups is 1. The van der Waals surface area contributed by atoms with E-state index in [4.69, 9.17) is 4.74 Å². The molecule has 0 saturated carbocycles. The van der Waals surface area contributed by atoms with Gasteiger partial charge in [0, 0.05) is 0 Å². The molecule has 0 fully saturated rings. The molecule has 4 nitrogen and oxygen atoms in total. The highest BCUT2D eigenvalue weighted by molar-refractivity contribution is 5.97. The molecule has 25 heavy (non-hydrogen) atoms. The first-order valence-corrected chi connectivity index (χ1v) is 8.41. The second-order valence-corrected chi connectivity index (χ2v) is 6.46. The molecule has 2 aromatic carbocycles. The molecule has 0 saturated heterocycles. The Morgan fingerprint density at radius 1 is 0.920 bits per heavy atom. The molecule has 0 heterocycles. The fraction of sp³-hybridized carbons (Fsp3) is 0.333. The summed E-state index contributed by atoms with van der Waals surface area (Å²) < 4.78 is 5.69. The quantitative estimate of drug-likeness (QED) is 0.760.